The summed E-state index contributed by atoms with van der Waals surface area (Å²) in [7, 11) is 0. The van der Waals surface area contributed by atoms with Crippen LogP contribution in [0.3, 0.4) is 0 Å². The van der Waals surface area contributed by atoms with Gasteiger partial charge in [0.25, 0.3) is 5.91 Å². The smallest absolute Gasteiger partial charge is 0.260 e. The van der Waals surface area contributed by atoms with Crippen molar-refractivity contribution in [2.45, 2.75) is 39.7 Å². The van der Waals surface area contributed by atoms with Gasteiger partial charge in [0.15, 0.2) is 0 Å². The molecule has 1 aromatic carbocycles. The molecule has 1 aromatic heterocycles. The van der Waals surface area contributed by atoms with Crippen molar-refractivity contribution < 1.29 is 14.4 Å². The van der Waals surface area contributed by atoms with E-state index in [2.05, 4.69) is 21.3 Å². The summed E-state index contributed by atoms with van der Waals surface area (Å²) in [5.41, 5.74) is 8.38. The van der Waals surface area contributed by atoms with Crippen LogP contribution in [-0.4, -0.2) is 27.5 Å². The van der Waals surface area contributed by atoms with E-state index in [9.17, 15) is 14.4 Å². The maximum Gasteiger partial charge on any atom is 0.260 e. The zero-order chi connectivity index (χ0) is 19.4. The Bertz CT molecular complexity index is 874. The highest BCUT2D eigenvalue weighted by Gasteiger charge is 2.26. The van der Waals surface area contributed by atoms with Crippen molar-refractivity contribution in [3.05, 3.63) is 47.3 Å². The van der Waals surface area contributed by atoms with Crippen molar-refractivity contribution in [3.63, 3.8) is 0 Å². The van der Waals surface area contributed by atoms with Gasteiger partial charge in [0, 0.05) is 23.7 Å². The molecule has 3 amide bonds. The average Bonchev–Trinajstić information content (AvgIpc) is 2.95. The number of hydrazine groups is 1. The Labute approximate surface area is 157 Å². The third-order valence-corrected chi connectivity index (χ3v) is 4.57. The van der Waals surface area contributed by atoms with Gasteiger partial charge in [-0.05, 0) is 44.4 Å². The SMILES string of the molecule is Cc1cc(C)n(CC(=O)NNC(=O)CCC2Cc3ccccc3NC2=O)n1. The maximum atomic E-state index is 12.2. The molecule has 2 aromatic rings. The van der Waals surface area contributed by atoms with Gasteiger partial charge in [0.2, 0.25) is 11.8 Å². The third kappa shape index (κ3) is 4.72. The van der Waals surface area contributed by atoms with Crippen LogP contribution in [0.1, 0.15) is 29.8 Å². The fourth-order valence-electron chi connectivity index (χ4n) is 3.16. The van der Waals surface area contributed by atoms with E-state index >= 15 is 0 Å². The van der Waals surface area contributed by atoms with Crippen LogP contribution in [0.2, 0.25) is 0 Å². The summed E-state index contributed by atoms with van der Waals surface area (Å²) in [6.45, 7) is 3.74. The molecule has 0 spiro atoms. The Morgan fingerprint density at radius 3 is 2.70 bits per heavy atom. The molecular formula is C19H23N5O3. The maximum absolute atomic E-state index is 12.2. The highest BCUT2D eigenvalue weighted by atomic mass is 16.2. The van der Waals surface area contributed by atoms with E-state index in [1.165, 1.54) is 0 Å². The van der Waals surface area contributed by atoms with Gasteiger partial charge in [-0.25, -0.2) is 0 Å². The van der Waals surface area contributed by atoms with E-state index in [1.54, 1.807) is 4.68 Å². The first-order valence-corrected chi connectivity index (χ1v) is 8.90. The molecular weight excluding hydrogens is 346 g/mol. The van der Waals surface area contributed by atoms with Gasteiger partial charge in [-0.3, -0.25) is 29.9 Å². The second kappa shape index (κ2) is 8.03. The minimum atomic E-state index is -0.362. The minimum Gasteiger partial charge on any atom is -0.326 e. The zero-order valence-electron chi connectivity index (χ0n) is 15.4. The third-order valence-electron chi connectivity index (χ3n) is 4.57. The van der Waals surface area contributed by atoms with Crippen LogP contribution < -0.4 is 16.2 Å². The lowest BCUT2D eigenvalue weighted by molar-refractivity contribution is -0.129. The number of nitrogens with one attached hydrogen (secondary N) is 3. The summed E-state index contributed by atoms with van der Waals surface area (Å²) in [4.78, 5) is 36.1. The number of aryl methyl sites for hydroxylation is 2. The summed E-state index contributed by atoms with van der Waals surface area (Å²) >= 11 is 0. The van der Waals surface area contributed by atoms with E-state index in [-0.39, 0.29) is 36.6 Å². The quantitative estimate of drug-likeness (QED) is 0.690. The minimum absolute atomic E-state index is 0.0295. The monoisotopic (exact) mass is 369 g/mol. The van der Waals surface area contributed by atoms with Crippen molar-refractivity contribution in [3.8, 4) is 0 Å². The molecule has 0 radical (unpaired) electrons. The molecule has 27 heavy (non-hydrogen) atoms. The second-order valence-electron chi connectivity index (χ2n) is 6.77. The van der Waals surface area contributed by atoms with E-state index in [0.29, 0.717) is 12.8 Å². The van der Waals surface area contributed by atoms with Gasteiger partial charge >= 0.3 is 0 Å². The molecule has 3 rings (SSSR count). The van der Waals surface area contributed by atoms with Gasteiger partial charge in [0.1, 0.15) is 6.54 Å². The number of hydrogen-bond donors (Lipinski definition) is 3. The van der Waals surface area contributed by atoms with Crippen molar-refractivity contribution in [2.24, 2.45) is 5.92 Å². The van der Waals surface area contributed by atoms with Gasteiger partial charge < -0.3 is 5.32 Å². The number of fused-ring (bicyclic) bond motifs is 1. The number of rotatable bonds is 5. The van der Waals surface area contributed by atoms with E-state index in [4.69, 9.17) is 0 Å². The van der Waals surface area contributed by atoms with Crippen LogP contribution in [0.4, 0.5) is 5.69 Å². The summed E-state index contributed by atoms with van der Waals surface area (Å²) < 4.78 is 1.57. The number of aromatic nitrogens is 2. The summed E-state index contributed by atoms with van der Waals surface area (Å²) in [6.07, 6.45) is 1.18. The normalized spacial score (nSPS) is 15.6. The van der Waals surface area contributed by atoms with Crippen molar-refractivity contribution in [1.29, 1.82) is 0 Å². The Morgan fingerprint density at radius 1 is 1.22 bits per heavy atom. The largest absolute Gasteiger partial charge is 0.326 e. The highest BCUT2D eigenvalue weighted by Crippen LogP contribution is 2.27. The lowest BCUT2D eigenvalue weighted by atomic mass is 9.89. The van der Waals surface area contributed by atoms with Crippen LogP contribution in [0.15, 0.2) is 30.3 Å². The molecule has 0 aliphatic carbocycles. The molecule has 1 aliphatic rings. The lowest BCUT2D eigenvalue weighted by Gasteiger charge is -2.24. The van der Waals surface area contributed by atoms with Crippen LogP contribution in [0.25, 0.3) is 0 Å². The Balaban J connectivity index is 1.43. The van der Waals surface area contributed by atoms with Gasteiger partial charge in [-0.1, -0.05) is 18.2 Å². The van der Waals surface area contributed by atoms with Crippen LogP contribution in [-0.2, 0) is 27.3 Å². The first kappa shape index (κ1) is 18.6. The molecule has 0 saturated heterocycles. The Hall–Kier alpha value is -3.16. The number of carbonyl (C=O) groups is 3. The average molecular weight is 369 g/mol. The number of anilines is 1. The molecule has 1 unspecified atom stereocenters. The number of para-hydroxylation sites is 1. The van der Waals surface area contributed by atoms with Gasteiger partial charge in [-0.15, -0.1) is 0 Å². The lowest BCUT2D eigenvalue weighted by Crippen LogP contribution is -2.43. The highest BCUT2D eigenvalue weighted by molar-refractivity contribution is 5.96. The Morgan fingerprint density at radius 2 is 1.96 bits per heavy atom. The number of carbonyl (C=O) groups excluding carboxylic acids is 3. The number of hydrogen-bond acceptors (Lipinski definition) is 4. The van der Waals surface area contributed by atoms with Crippen molar-refractivity contribution in [2.75, 3.05) is 5.32 Å². The van der Waals surface area contributed by atoms with Crippen molar-refractivity contribution >= 4 is 23.4 Å². The molecule has 2 heterocycles. The fraction of sp³-hybridized carbons (Fsp3) is 0.368. The van der Waals surface area contributed by atoms with Crippen LogP contribution in [0.5, 0.6) is 0 Å². The van der Waals surface area contributed by atoms with Gasteiger partial charge in [0.05, 0.1) is 5.69 Å². The number of benzene rings is 1. The molecule has 1 aliphatic heterocycles. The topological polar surface area (TPSA) is 105 Å². The standard InChI is InChI=1S/C19H23N5O3/c1-12-9-13(2)24(23-12)11-18(26)22-21-17(25)8-7-15-10-14-5-3-4-6-16(14)20-19(15)27/h3-6,9,15H,7-8,10-11H2,1-2H3,(H,20,27)(H,21,25)(H,22,26). The Kier molecular flexibility index (Phi) is 5.54. The van der Waals surface area contributed by atoms with Gasteiger partial charge in [-0.2, -0.15) is 5.10 Å². The predicted octanol–water partition coefficient (Wildman–Crippen LogP) is 1.24. The molecule has 0 bridgehead atoms. The number of nitrogens with zero attached hydrogens (tertiary/aromatic N) is 2. The molecule has 0 saturated carbocycles. The van der Waals surface area contributed by atoms with E-state index in [0.717, 1.165) is 22.6 Å². The first-order chi connectivity index (χ1) is 12.9. The van der Waals surface area contributed by atoms with E-state index in [1.807, 2.05) is 44.2 Å². The molecule has 3 N–H and O–H groups in total. The molecule has 1 atom stereocenters. The zero-order valence-corrected chi connectivity index (χ0v) is 15.4. The summed E-state index contributed by atoms with van der Waals surface area (Å²) in [6, 6.07) is 9.52. The molecule has 0 fully saturated rings. The number of amides is 3. The van der Waals surface area contributed by atoms with E-state index < -0.39 is 0 Å². The molecule has 142 valence electrons. The van der Waals surface area contributed by atoms with Crippen LogP contribution in [0, 0.1) is 19.8 Å². The molecule has 8 heteroatoms. The second-order valence-corrected chi connectivity index (χ2v) is 6.77. The fourth-order valence-corrected chi connectivity index (χ4v) is 3.16. The summed E-state index contributed by atoms with van der Waals surface area (Å²) in [5.74, 6) is -1.02. The predicted molar refractivity (Wildman–Crippen MR) is 99.5 cm³/mol. The first-order valence-electron chi connectivity index (χ1n) is 8.90. The van der Waals surface area contributed by atoms with Crippen molar-refractivity contribution in [1.82, 2.24) is 20.6 Å². The van der Waals surface area contributed by atoms with Crippen LogP contribution >= 0.6 is 0 Å². The summed E-state index contributed by atoms with van der Waals surface area (Å²) in [5, 5.41) is 7.07. The molecule has 8 nitrogen and oxygen atoms in total.